The van der Waals surface area contributed by atoms with E-state index in [4.69, 9.17) is 4.74 Å². The lowest BCUT2D eigenvalue weighted by Gasteiger charge is -2.03. The van der Waals surface area contributed by atoms with Gasteiger partial charge in [0.2, 0.25) is 0 Å². The number of aromatic nitrogens is 1. The number of aryl methyl sites for hydroxylation is 1. The molecule has 0 fully saturated rings. The lowest BCUT2D eigenvalue weighted by Crippen LogP contribution is -2.26. The number of hydrogen-bond donors (Lipinski definition) is 1. The highest BCUT2D eigenvalue weighted by molar-refractivity contribution is 5.97. The predicted octanol–water partition coefficient (Wildman–Crippen LogP) is 0.809. The molecule has 0 amide bonds. The van der Waals surface area contributed by atoms with Crippen LogP contribution in [0.2, 0.25) is 0 Å². The van der Waals surface area contributed by atoms with Crippen molar-refractivity contribution in [2.24, 2.45) is 0 Å². The molecule has 0 aliphatic carbocycles. The maximum atomic E-state index is 11.6. The Morgan fingerprint density at radius 2 is 2.33 bits per heavy atom. The monoisotopic (exact) mass is 208 g/mol. The van der Waals surface area contributed by atoms with Crippen LogP contribution in [0.15, 0.2) is 18.3 Å². The minimum absolute atomic E-state index is 0.0543. The number of hydrogen-bond acceptors (Lipinski definition) is 4. The third-order valence-corrected chi connectivity index (χ3v) is 2.00. The second-order valence-corrected chi connectivity index (χ2v) is 3.28. The van der Waals surface area contributed by atoms with Crippen molar-refractivity contribution in [1.82, 2.24) is 10.3 Å². The Balaban J connectivity index is 2.37. The number of nitrogens with one attached hydrogen (secondary N) is 1. The van der Waals surface area contributed by atoms with Gasteiger partial charge in [-0.05, 0) is 19.1 Å². The van der Waals surface area contributed by atoms with Crippen LogP contribution in [-0.4, -0.2) is 37.6 Å². The van der Waals surface area contributed by atoms with Crippen molar-refractivity contribution in [3.05, 3.63) is 29.6 Å². The molecule has 0 spiro atoms. The van der Waals surface area contributed by atoms with Crippen LogP contribution in [-0.2, 0) is 4.74 Å². The predicted molar refractivity (Wildman–Crippen MR) is 58.1 cm³/mol. The Morgan fingerprint density at radius 1 is 1.53 bits per heavy atom. The summed E-state index contributed by atoms with van der Waals surface area (Å²) in [7, 11) is 1.63. The van der Waals surface area contributed by atoms with Crippen molar-refractivity contribution >= 4 is 5.78 Å². The number of ether oxygens (including phenoxy) is 1. The highest BCUT2D eigenvalue weighted by Crippen LogP contribution is 1.99. The smallest absolute Gasteiger partial charge is 0.178 e. The van der Waals surface area contributed by atoms with Crippen molar-refractivity contribution in [2.45, 2.75) is 6.92 Å². The van der Waals surface area contributed by atoms with Gasteiger partial charge < -0.3 is 10.1 Å². The number of Topliss-reactive ketones (excluding diaryl/α,β-unsaturated/α-hetero) is 1. The molecule has 0 bridgehead atoms. The van der Waals surface area contributed by atoms with E-state index in [9.17, 15) is 4.79 Å². The zero-order chi connectivity index (χ0) is 11.1. The van der Waals surface area contributed by atoms with E-state index in [0.29, 0.717) is 25.3 Å². The minimum Gasteiger partial charge on any atom is -0.383 e. The molecular weight excluding hydrogens is 192 g/mol. The van der Waals surface area contributed by atoms with Crippen LogP contribution in [0.4, 0.5) is 0 Å². The van der Waals surface area contributed by atoms with Crippen LogP contribution >= 0.6 is 0 Å². The van der Waals surface area contributed by atoms with Crippen LogP contribution in [0.1, 0.15) is 16.1 Å². The van der Waals surface area contributed by atoms with Gasteiger partial charge in [0.05, 0.1) is 13.2 Å². The van der Waals surface area contributed by atoms with E-state index in [0.717, 1.165) is 5.69 Å². The molecule has 1 aromatic heterocycles. The standard InChI is InChI=1S/C11H16N2O2/c1-9-3-4-10(7-13-9)11(14)8-12-5-6-15-2/h3-4,7,12H,5-6,8H2,1-2H3. The SMILES string of the molecule is COCCNCC(=O)c1ccc(C)nc1. The molecule has 1 aromatic rings. The van der Waals surface area contributed by atoms with Crippen LogP contribution in [0.25, 0.3) is 0 Å². The second kappa shape index (κ2) is 6.27. The Bertz CT molecular complexity index is 309. The lowest BCUT2D eigenvalue weighted by atomic mass is 10.2. The fourth-order valence-electron chi connectivity index (χ4n) is 1.11. The van der Waals surface area contributed by atoms with Crippen molar-refractivity contribution in [1.29, 1.82) is 0 Å². The van der Waals surface area contributed by atoms with Gasteiger partial charge in [-0.3, -0.25) is 9.78 Å². The van der Waals surface area contributed by atoms with Crippen LogP contribution in [0.5, 0.6) is 0 Å². The van der Waals surface area contributed by atoms with Crippen LogP contribution in [0.3, 0.4) is 0 Å². The maximum Gasteiger partial charge on any atom is 0.178 e. The molecule has 1 rings (SSSR count). The highest BCUT2D eigenvalue weighted by atomic mass is 16.5. The Hall–Kier alpha value is -1.26. The first kappa shape index (κ1) is 11.8. The van der Waals surface area contributed by atoms with Crippen molar-refractivity contribution in [3.63, 3.8) is 0 Å². The summed E-state index contributed by atoms with van der Waals surface area (Å²) in [4.78, 5) is 15.6. The fraction of sp³-hybridized carbons (Fsp3) is 0.455. The zero-order valence-corrected chi connectivity index (χ0v) is 9.12. The summed E-state index contributed by atoms with van der Waals surface area (Å²) in [6.45, 7) is 3.51. The third kappa shape index (κ3) is 4.18. The van der Waals surface area contributed by atoms with E-state index >= 15 is 0 Å². The summed E-state index contributed by atoms with van der Waals surface area (Å²) in [5.41, 5.74) is 1.56. The summed E-state index contributed by atoms with van der Waals surface area (Å²) in [6, 6.07) is 3.63. The van der Waals surface area contributed by atoms with Gasteiger partial charge >= 0.3 is 0 Å². The van der Waals surface area contributed by atoms with E-state index in [2.05, 4.69) is 10.3 Å². The second-order valence-electron chi connectivity index (χ2n) is 3.28. The van der Waals surface area contributed by atoms with Crippen molar-refractivity contribution in [3.8, 4) is 0 Å². The third-order valence-electron chi connectivity index (χ3n) is 2.00. The number of carbonyl (C=O) groups is 1. The average Bonchev–Trinajstić information content (AvgIpc) is 2.25. The molecule has 82 valence electrons. The van der Waals surface area contributed by atoms with Gasteiger partial charge in [-0.1, -0.05) is 0 Å². The first-order valence-corrected chi connectivity index (χ1v) is 4.89. The largest absolute Gasteiger partial charge is 0.383 e. The summed E-state index contributed by atoms with van der Waals surface area (Å²) in [6.07, 6.45) is 1.61. The normalized spacial score (nSPS) is 10.3. The van der Waals surface area contributed by atoms with Crippen LogP contribution in [0, 0.1) is 6.92 Å². The van der Waals surface area contributed by atoms with E-state index in [1.165, 1.54) is 0 Å². The average molecular weight is 208 g/mol. The maximum absolute atomic E-state index is 11.6. The lowest BCUT2D eigenvalue weighted by molar-refractivity contribution is 0.0987. The molecule has 1 heterocycles. The molecule has 0 atom stereocenters. The van der Waals surface area contributed by atoms with Crippen molar-refractivity contribution < 1.29 is 9.53 Å². The molecule has 0 aromatic carbocycles. The summed E-state index contributed by atoms with van der Waals surface area (Å²) >= 11 is 0. The van der Waals surface area contributed by atoms with Gasteiger partial charge in [0.1, 0.15) is 0 Å². The first-order chi connectivity index (χ1) is 7.24. The van der Waals surface area contributed by atoms with E-state index in [1.807, 2.05) is 13.0 Å². The first-order valence-electron chi connectivity index (χ1n) is 4.89. The topological polar surface area (TPSA) is 51.2 Å². The molecule has 0 saturated carbocycles. The molecule has 0 radical (unpaired) electrons. The van der Waals surface area contributed by atoms with Gasteiger partial charge in [0.25, 0.3) is 0 Å². The summed E-state index contributed by atoms with van der Waals surface area (Å²) < 4.78 is 4.86. The number of ketones is 1. The fourth-order valence-corrected chi connectivity index (χ4v) is 1.11. The van der Waals surface area contributed by atoms with E-state index in [-0.39, 0.29) is 5.78 Å². The molecule has 0 aliphatic rings. The molecule has 0 unspecified atom stereocenters. The molecular formula is C11H16N2O2. The number of nitrogens with zero attached hydrogens (tertiary/aromatic N) is 1. The number of rotatable bonds is 6. The molecule has 0 saturated heterocycles. The van der Waals surface area contributed by atoms with Gasteiger partial charge in [-0.2, -0.15) is 0 Å². The van der Waals surface area contributed by atoms with Gasteiger partial charge in [0, 0.05) is 31.1 Å². The van der Waals surface area contributed by atoms with Crippen LogP contribution < -0.4 is 5.32 Å². The van der Waals surface area contributed by atoms with Gasteiger partial charge in [-0.25, -0.2) is 0 Å². The molecule has 1 N–H and O–H groups in total. The van der Waals surface area contributed by atoms with Crippen molar-refractivity contribution in [2.75, 3.05) is 26.8 Å². The van der Waals surface area contributed by atoms with Gasteiger partial charge in [0.15, 0.2) is 5.78 Å². The van der Waals surface area contributed by atoms with E-state index < -0.39 is 0 Å². The Morgan fingerprint density at radius 3 is 2.93 bits per heavy atom. The summed E-state index contributed by atoms with van der Waals surface area (Å²) in [5.74, 6) is 0.0543. The molecule has 4 heteroatoms. The Kier molecular flexibility index (Phi) is 4.93. The minimum atomic E-state index is 0.0543. The molecule has 15 heavy (non-hydrogen) atoms. The summed E-state index contributed by atoms with van der Waals surface area (Å²) in [5, 5.41) is 3.00. The number of pyridine rings is 1. The Labute approximate surface area is 89.7 Å². The molecule has 4 nitrogen and oxygen atoms in total. The highest BCUT2D eigenvalue weighted by Gasteiger charge is 2.04. The van der Waals surface area contributed by atoms with E-state index in [1.54, 1.807) is 19.4 Å². The number of carbonyl (C=O) groups excluding carboxylic acids is 1. The zero-order valence-electron chi connectivity index (χ0n) is 9.12. The van der Waals surface area contributed by atoms with Gasteiger partial charge in [-0.15, -0.1) is 0 Å². The quantitative estimate of drug-likeness (QED) is 0.555. The molecule has 0 aliphatic heterocycles. The number of methoxy groups -OCH3 is 1.